The highest BCUT2D eigenvalue weighted by Gasteiger charge is 2.29. The lowest BCUT2D eigenvalue weighted by Crippen LogP contribution is -2.37. The summed E-state index contributed by atoms with van der Waals surface area (Å²) < 4.78 is 10.9. The highest BCUT2D eigenvalue weighted by atomic mass is 16.5. The van der Waals surface area contributed by atoms with Crippen LogP contribution in [0.25, 0.3) is 0 Å². The molecule has 19 heavy (non-hydrogen) atoms. The Bertz CT molecular complexity index is 427. The minimum Gasteiger partial charge on any atom is -0.384 e. The Balaban J connectivity index is 2.16. The predicted molar refractivity (Wildman–Crippen MR) is 74.0 cm³/mol. The summed E-state index contributed by atoms with van der Waals surface area (Å²) in [6.45, 7) is 5.84. The van der Waals surface area contributed by atoms with E-state index in [1.807, 2.05) is 14.0 Å². The maximum atomic E-state index is 5.84. The first-order valence-electron chi connectivity index (χ1n) is 6.67. The molecule has 6 heteroatoms. The van der Waals surface area contributed by atoms with Crippen molar-refractivity contribution >= 4 is 11.6 Å². The van der Waals surface area contributed by atoms with E-state index >= 15 is 0 Å². The second-order valence-electron chi connectivity index (χ2n) is 4.75. The van der Waals surface area contributed by atoms with Gasteiger partial charge < -0.3 is 20.1 Å². The number of likely N-dealkylation sites (N-methyl/N-ethyl adjacent to an activating group) is 1. The first-order valence-corrected chi connectivity index (χ1v) is 6.67. The van der Waals surface area contributed by atoms with Crippen molar-refractivity contribution in [2.75, 3.05) is 30.9 Å². The minimum absolute atomic E-state index is 0.205. The Labute approximate surface area is 113 Å². The summed E-state index contributed by atoms with van der Waals surface area (Å²) in [7, 11) is 2.02. The van der Waals surface area contributed by atoms with E-state index in [0.29, 0.717) is 30.9 Å². The van der Waals surface area contributed by atoms with Crippen molar-refractivity contribution in [3.05, 3.63) is 11.9 Å². The van der Waals surface area contributed by atoms with Gasteiger partial charge in [-0.15, -0.1) is 0 Å². The zero-order chi connectivity index (χ0) is 13.8. The van der Waals surface area contributed by atoms with Gasteiger partial charge in [0.2, 0.25) is 0 Å². The van der Waals surface area contributed by atoms with Gasteiger partial charge in [0.25, 0.3) is 0 Å². The van der Waals surface area contributed by atoms with Crippen LogP contribution in [-0.2, 0) is 16.1 Å². The van der Waals surface area contributed by atoms with Gasteiger partial charge in [-0.25, -0.2) is 9.97 Å². The Hall–Kier alpha value is -1.40. The highest BCUT2D eigenvalue weighted by Crippen LogP contribution is 2.23. The predicted octanol–water partition coefficient (Wildman–Crippen LogP) is 1.21. The van der Waals surface area contributed by atoms with Crippen molar-refractivity contribution < 1.29 is 9.47 Å². The maximum Gasteiger partial charge on any atom is 0.158 e. The van der Waals surface area contributed by atoms with E-state index in [0.717, 1.165) is 18.8 Å². The number of nitrogen functional groups attached to an aromatic ring is 1. The lowest BCUT2D eigenvalue weighted by atomic mass is 10.1. The summed E-state index contributed by atoms with van der Waals surface area (Å²) in [5, 5.41) is 0. The number of ether oxygens (including phenoxy) is 2. The van der Waals surface area contributed by atoms with E-state index in [2.05, 4.69) is 21.8 Å². The van der Waals surface area contributed by atoms with Gasteiger partial charge in [0.05, 0.1) is 12.1 Å². The second kappa shape index (κ2) is 6.16. The van der Waals surface area contributed by atoms with Crippen LogP contribution in [0.3, 0.4) is 0 Å². The molecule has 2 atom stereocenters. The van der Waals surface area contributed by atoms with E-state index in [1.54, 1.807) is 6.07 Å². The normalized spacial score (nSPS) is 22.7. The molecule has 1 aromatic heterocycles. The van der Waals surface area contributed by atoms with Crippen LogP contribution in [0.5, 0.6) is 0 Å². The van der Waals surface area contributed by atoms with Gasteiger partial charge in [0.15, 0.2) is 5.82 Å². The topological polar surface area (TPSA) is 73.5 Å². The van der Waals surface area contributed by atoms with Gasteiger partial charge in [-0.2, -0.15) is 0 Å². The van der Waals surface area contributed by atoms with Gasteiger partial charge >= 0.3 is 0 Å². The number of hydrogen-bond donors (Lipinski definition) is 1. The van der Waals surface area contributed by atoms with Crippen LogP contribution < -0.4 is 10.6 Å². The monoisotopic (exact) mass is 266 g/mol. The summed E-state index contributed by atoms with van der Waals surface area (Å²) >= 11 is 0. The number of nitrogens with zero attached hydrogens (tertiary/aromatic N) is 3. The standard InChI is InChI=1S/C13H22N4O2/c1-4-18-8-12-15-11(14)7-13(16-12)17(3)10-5-6-19-9(10)2/h7,9-10H,4-6,8H2,1-3H3,(H2,14,15,16). The van der Waals surface area contributed by atoms with Crippen LogP contribution in [0, 0.1) is 0 Å². The third-order valence-electron chi connectivity index (χ3n) is 3.41. The van der Waals surface area contributed by atoms with Crippen LogP contribution >= 0.6 is 0 Å². The molecule has 0 saturated carbocycles. The van der Waals surface area contributed by atoms with E-state index in [1.165, 1.54) is 0 Å². The zero-order valence-electron chi connectivity index (χ0n) is 11.8. The van der Waals surface area contributed by atoms with Gasteiger partial charge in [-0.3, -0.25) is 0 Å². The Morgan fingerprint density at radius 1 is 1.53 bits per heavy atom. The summed E-state index contributed by atoms with van der Waals surface area (Å²) in [5.41, 5.74) is 5.84. The lowest BCUT2D eigenvalue weighted by molar-refractivity contribution is 0.118. The molecule has 2 unspecified atom stereocenters. The van der Waals surface area contributed by atoms with Crippen LogP contribution in [0.2, 0.25) is 0 Å². The Morgan fingerprint density at radius 3 is 2.95 bits per heavy atom. The van der Waals surface area contributed by atoms with Gasteiger partial charge in [-0.05, 0) is 20.3 Å². The number of nitrogens with two attached hydrogens (primary N) is 1. The molecule has 1 fully saturated rings. The summed E-state index contributed by atoms with van der Waals surface area (Å²) in [5.74, 6) is 1.91. The van der Waals surface area contributed by atoms with Crippen molar-refractivity contribution in [1.82, 2.24) is 9.97 Å². The Morgan fingerprint density at radius 2 is 2.32 bits per heavy atom. The molecule has 0 aromatic carbocycles. The number of rotatable bonds is 5. The highest BCUT2D eigenvalue weighted by molar-refractivity contribution is 5.47. The molecule has 1 saturated heterocycles. The molecule has 1 aromatic rings. The summed E-state index contributed by atoms with van der Waals surface area (Å²) in [6.07, 6.45) is 1.21. The molecule has 6 nitrogen and oxygen atoms in total. The van der Waals surface area contributed by atoms with Crippen molar-refractivity contribution in [1.29, 1.82) is 0 Å². The van der Waals surface area contributed by atoms with Gasteiger partial charge in [-0.1, -0.05) is 0 Å². The van der Waals surface area contributed by atoms with Crippen molar-refractivity contribution in [3.63, 3.8) is 0 Å². The molecule has 0 spiro atoms. The first-order chi connectivity index (χ1) is 9.11. The van der Waals surface area contributed by atoms with Gasteiger partial charge in [0.1, 0.15) is 18.2 Å². The van der Waals surface area contributed by atoms with E-state index in [4.69, 9.17) is 15.2 Å². The lowest BCUT2D eigenvalue weighted by Gasteiger charge is -2.28. The van der Waals surface area contributed by atoms with Crippen molar-refractivity contribution in [2.24, 2.45) is 0 Å². The molecule has 0 bridgehead atoms. The Kier molecular flexibility index (Phi) is 4.55. The quantitative estimate of drug-likeness (QED) is 0.863. The van der Waals surface area contributed by atoms with Crippen LogP contribution in [0.15, 0.2) is 6.07 Å². The molecular formula is C13H22N4O2. The molecule has 2 rings (SSSR count). The third-order valence-corrected chi connectivity index (χ3v) is 3.41. The van der Waals surface area contributed by atoms with E-state index < -0.39 is 0 Å². The average Bonchev–Trinajstić information content (AvgIpc) is 2.81. The number of aromatic nitrogens is 2. The molecule has 1 aliphatic heterocycles. The molecule has 106 valence electrons. The number of hydrogen-bond acceptors (Lipinski definition) is 6. The maximum absolute atomic E-state index is 5.84. The largest absolute Gasteiger partial charge is 0.384 e. The fourth-order valence-electron chi connectivity index (χ4n) is 2.34. The zero-order valence-corrected chi connectivity index (χ0v) is 11.8. The molecule has 2 heterocycles. The molecule has 1 aliphatic rings. The van der Waals surface area contributed by atoms with Crippen LogP contribution in [0.4, 0.5) is 11.6 Å². The molecule has 2 N–H and O–H groups in total. The smallest absolute Gasteiger partial charge is 0.158 e. The van der Waals surface area contributed by atoms with Crippen molar-refractivity contribution in [2.45, 2.75) is 39.0 Å². The van der Waals surface area contributed by atoms with Crippen LogP contribution in [0.1, 0.15) is 26.1 Å². The van der Waals surface area contributed by atoms with E-state index in [-0.39, 0.29) is 6.10 Å². The summed E-state index contributed by atoms with van der Waals surface area (Å²) in [6, 6.07) is 2.12. The summed E-state index contributed by atoms with van der Waals surface area (Å²) in [4.78, 5) is 10.8. The third kappa shape index (κ3) is 3.33. The number of anilines is 2. The minimum atomic E-state index is 0.205. The fraction of sp³-hybridized carbons (Fsp3) is 0.692. The van der Waals surface area contributed by atoms with Gasteiger partial charge in [0, 0.05) is 26.3 Å². The molecular weight excluding hydrogens is 244 g/mol. The molecule has 0 amide bonds. The first kappa shape index (κ1) is 14.0. The van der Waals surface area contributed by atoms with Crippen molar-refractivity contribution in [3.8, 4) is 0 Å². The van der Waals surface area contributed by atoms with E-state index in [9.17, 15) is 0 Å². The average molecular weight is 266 g/mol. The molecule has 0 aliphatic carbocycles. The molecule has 0 radical (unpaired) electrons. The second-order valence-corrected chi connectivity index (χ2v) is 4.75. The fourth-order valence-corrected chi connectivity index (χ4v) is 2.34. The van der Waals surface area contributed by atoms with Crippen LogP contribution in [-0.4, -0.2) is 42.4 Å². The SMILES string of the molecule is CCOCc1nc(N)cc(N(C)C2CCOC2C)n1.